The van der Waals surface area contributed by atoms with Gasteiger partial charge in [0.1, 0.15) is 5.82 Å². The van der Waals surface area contributed by atoms with E-state index >= 15 is 0 Å². The Morgan fingerprint density at radius 2 is 1.42 bits per heavy atom. The minimum Gasteiger partial charge on any atom is -0.269 e. The summed E-state index contributed by atoms with van der Waals surface area (Å²) in [6.07, 6.45) is -5.30. The molecule has 2 heterocycles. The largest absolute Gasteiger partial charge is 0.433 e. The fraction of sp³-hybridized carbons (Fsp3) is 0.0526. The van der Waals surface area contributed by atoms with Crippen LogP contribution in [0.5, 0.6) is 0 Å². The highest BCUT2D eigenvalue weighted by atomic mass is 35.5. The van der Waals surface area contributed by atoms with E-state index in [0.29, 0.717) is 0 Å². The fourth-order valence-corrected chi connectivity index (χ4v) is 3.33. The Bertz CT molecular complexity index is 1360. The molecule has 7 nitrogen and oxygen atoms in total. The maximum atomic E-state index is 14.3. The molecule has 0 atom stereocenters. The van der Waals surface area contributed by atoms with Crippen LogP contribution >= 0.6 is 11.6 Å². The van der Waals surface area contributed by atoms with Gasteiger partial charge in [-0.05, 0) is 30.3 Å². The first-order valence-electron chi connectivity index (χ1n) is 8.42. The van der Waals surface area contributed by atoms with E-state index in [-0.39, 0.29) is 36.5 Å². The molecule has 0 fully saturated rings. The lowest BCUT2D eigenvalue weighted by Gasteiger charge is -2.23. The van der Waals surface area contributed by atoms with E-state index in [1.807, 2.05) is 0 Å². The van der Waals surface area contributed by atoms with Crippen molar-refractivity contribution in [3.8, 4) is 5.69 Å². The van der Waals surface area contributed by atoms with Crippen LogP contribution in [-0.4, -0.2) is 21.1 Å². The third kappa shape index (κ3) is 3.13. The van der Waals surface area contributed by atoms with E-state index in [9.17, 15) is 36.7 Å². The minimum absolute atomic E-state index is 0.000998. The van der Waals surface area contributed by atoms with Gasteiger partial charge < -0.3 is 0 Å². The summed E-state index contributed by atoms with van der Waals surface area (Å²) in [7, 11) is 0. The summed E-state index contributed by atoms with van der Waals surface area (Å²) in [6.45, 7) is 0. The molecule has 0 saturated carbocycles. The number of fused-ring (bicyclic) bond motifs is 1. The molecular weight excluding hydrogens is 446 g/mol. The van der Waals surface area contributed by atoms with E-state index in [0.717, 1.165) is 18.2 Å². The van der Waals surface area contributed by atoms with Crippen molar-refractivity contribution in [1.29, 1.82) is 0 Å². The van der Waals surface area contributed by atoms with Crippen LogP contribution < -0.4 is 16.3 Å². The first-order chi connectivity index (χ1) is 14.5. The molecule has 3 aromatic rings. The van der Waals surface area contributed by atoms with Crippen LogP contribution in [0.2, 0.25) is 5.02 Å². The van der Waals surface area contributed by atoms with Gasteiger partial charge in [-0.15, -0.1) is 0 Å². The zero-order chi connectivity index (χ0) is 22.7. The Hall–Kier alpha value is -3.73. The molecule has 0 spiro atoms. The van der Waals surface area contributed by atoms with Gasteiger partial charge in [0, 0.05) is 11.1 Å². The van der Waals surface area contributed by atoms with Crippen LogP contribution in [0.25, 0.3) is 5.69 Å². The highest BCUT2D eigenvalue weighted by Gasteiger charge is 2.44. The van der Waals surface area contributed by atoms with Gasteiger partial charge in [0.25, 0.3) is 17.4 Å². The Kier molecular flexibility index (Phi) is 4.58. The zero-order valence-corrected chi connectivity index (χ0v) is 15.7. The number of nitrogens with zero attached hydrogens (tertiary/aromatic N) is 3. The highest BCUT2D eigenvalue weighted by Crippen LogP contribution is 2.30. The molecule has 1 aromatic heterocycles. The van der Waals surface area contributed by atoms with Crippen molar-refractivity contribution in [1.82, 2.24) is 9.24 Å². The summed E-state index contributed by atoms with van der Waals surface area (Å²) in [4.78, 5) is 50.7. The number of carbonyl (C=O) groups is 2. The average Bonchev–Trinajstić information content (AvgIpc) is 2.93. The maximum absolute atomic E-state index is 14.3. The van der Waals surface area contributed by atoms with Gasteiger partial charge in [-0.25, -0.2) is 13.8 Å². The minimum atomic E-state index is -5.30. The quantitative estimate of drug-likeness (QED) is 0.441. The summed E-state index contributed by atoms with van der Waals surface area (Å²) in [6, 6.07) is 7.91. The number of hydrogen-bond donors (Lipinski definition) is 0. The molecule has 0 radical (unpaired) electrons. The number of aromatic nitrogens is 2. The molecule has 0 bridgehead atoms. The molecule has 158 valence electrons. The number of benzene rings is 2. The summed E-state index contributed by atoms with van der Waals surface area (Å²) >= 11 is 5.64. The van der Waals surface area contributed by atoms with Crippen LogP contribution in [0, 0.1) is 5.82 Å². The van der Waals surface area contributed by atoms with Gasteiger partial charge in [-0.1, -0.05) is 23.7 Å². The fourth-order valence-electron chi connectivity index (χ4n) is 3.17. The standard InChI is InChI=1S/C19H8ClF4N3O4/c20-9-5-6-13(12(21)7-9)25-15(28)8-14(19(22,23)24)26(18(25)31)27-16(29)10-3-1-2-4-11(10)17(27)30/h1-8H. The van der Waals surface area contributed by atoms with E-state index < -0.39 is 46.4 Å². The molecule has 31 heavy (non-hydrogen) atoms. The second-order valence-corrected chi connectivity index (χ2v) is 6.80. The smallest absolute Gasteiger partial charge is 0.269 e. The van der Waals surface area contributed by atoms with Crippen molar-refractivity contribution >= 4 is 23.4 Å². The van der Waals surface area contributed by atoms with Crippen molar-refractivity contribution in [3.63, 3.8) is 0 Å². The third-order valence-corrected chi connectivity index (χ3v) is 4.73. The summed E-state index contributed by atoms with van der Waals surface area (Å²) < 4.78 is 55.1. The number of rotatable bonds is 2. The van der Waals surface area contributed by atoms with Crippen molar-refractivity contribution in [2.24, 2.45) is 0 Å². The molecular formula is C19H8ClF4N3O4. The van der Waals surface area contributed by atoms with Gasteiger partial charge in [-0.2, -0.15) is 22.9 Å². The van der Waals surface area contributed by atoms with Crippen molar-refractivity contribution < 1.29 is 27.2 Å². The Balaban J connectivity index is 2.07. The van der Waals surface area contributed by atoms with E-state index in [1.54, 1.807) is 0 Å². The van der Waals surface area contributed by atoms with E-state index in [2.05, 4.69) is 0 Å². The number of alkyl halides is 3. The number of hydrogen-bond acceptors (Lipinski definition) is 4. The Labute approximate surface area is 174 Å². The van der Waals surface area contributed by atoms with E-state index in [1.165, 1.54) is 24.3 Å². The molecule has 0 saturated heterocycles. The second-order valence-electron chi connectivity index (χ2n) is 6.36. The topological polar surface area (TPSA) is 81.4 Å². The van der Waals surface area contributed by atoms with Crippen LogP contribution in [0.3, 0.4) is 0 Å². The van der Waals surface area contributed by atoms with Gasteiger partial charge in [0.15, 0.2) is 5.69 Å². The summed E-state index contributed by atoms with van der Waals surface area (Å²) in [5.41, 5.74) is -6.34. The maximum Gasteiger partial charge on any atom is 0.433 e. The monoisotopic (exact) mass is 453 g/mol. The van der Waals surface area contributed by atoms with Crippen LogP contribution in [-0.2, 0) is 6.18 Å². The molecule has 0 N–H and O–H groups in total. The molecule has 4 rings (SSSR count). The second kappa shape index (κ2) is 6.91. The first-order valence-corrected chi connectivity index (χ1v) is 8.80. The molecule has 0 unspecified atom stereocenters. The number of halogens is 5. The van der Waals surface area contributed by atoms with E-state index in [4.69, 9.17) is 11.6 Å². The average molecular weight is 454 g/mol. The lowest BCUT2D eigenvalue weighted by molar-refractivity contribution is -0.144. The predicted octanol–water partition coefficient (Wildman–Crippen LogP) is 2.74. The van der Waals surface area contributed by atoms with Gasteiger partial charge in [0.05, 0.1) is 16.8 Å². The summed E-state index contributed by atoms with van der Waals surface area (Å²) in [5, 5.41) is -0.124. The number of imide groups is 1. The predicted molar refractivity (Wildman–Crippen MR) is 99.6 cm³/mol. The van der Waals surface area contributed by atoms with Gasteiger partial charge in [-0.3, -0.25) is 14.4 Å². The molecule has 2 amide bonds. The summed E-state index contributed by atoms with van der Waals surface area (Å²) in [5.74, 6) is -3.61. The van der Waals surface area contributed by atoms with Gasteiger partial charge >= 0.3 is 11.9 Å². The number of amides is 2. The van der Waals surface area contributed by atoms with Gasteiger partial charge in [0.2, 0.25) is 0 Å². The third-order valence-electron chi connectivity index (χ3n) is 4.49. The zero-order valence-electron chi connectivity index (χ0n) is 15.0. The lowest BCUT2D eigenvalue weighted by atomic mass is 10.1. The number of carbonyl (C=O) groups excluding carboxylic acids is 2. The van der Waals surface area contributed by atoms with Crippen LogP contribution in [0.15, 0.2) is 58.1 Å². The molecule has 0 aliphatic carbocycles. The van der Waals surface area contributed by atoms with Crippen molar-refractivity contribution in [2.75, 3.05) is 5.01 Å². The lowest BCUT2D eigenvalue weighted by Crippen LogP contribution is -2.54. The Morgan fingerprint density at radius 3 is 1.94 bits per heavy atom. The molecule has 2 aromatic carbocycles. The van der Waals surface area contributed by atoms with Crippen LogP contribution in [0.1, 0.15) is 26.4 Å². The molecule has 12 heteroatoms. The highest BCUT2D eigenvalue weighted by molar-refractivity contribution is 6.31. The normalized spacial score (nSPS) is 13.6. The van der Waals surface area contributed by atoms with Crippen molar-refractivity contribution in [3.05, 3.63) is 97.0 Å². The first kappa shape index (κ1) is 20.5. The molecule has 1 aliphatic heterocycles. The molecule has 1 aliphatic rings. The van der Waals surface area contributed by atoms with Crippen molar-refractivity contribution in [2.45, 2.75) is 6.18 Å². The Morgan fingerprint density at radius 1 is 0.839 bits per heavy atom. The van der Waals surface area contributed by atoms with Crippen LogP contribution in [0.4, 0.5) is 17.6 Å². The SMILES string of the molecule is O=C1c2ccccc2C(=O)N1n1c(C(F)(F)F)cc(=O)n(-c2ccc(Cl)cc2F)c1=O.